The van der Waals surface area contributed by atoms with Crippen molar-refractivity contribution < 1.29 is 19.4 Å². The molecule has 23 heavy (non-hydrogen) atoms. The molecule has 6 nitrogen and oxygen atoms in total. The Morgan fingerprint density at radius 1 is 1.39 bits per heavy atom. The number of hydrogen-bond acceptors (Lipinski definition) is 5. The lowest BCUT2D eigenvalue weighted by Gasteiger charge is -2.22. The molecule has 8 heteroatoms. The van der Waals surface area contributed by atoms with Crippen molar-refractivity contribution in [1.29, 1.82) is 0 Å². The molecule has 3 unspecified atom stereocenters. The van der Waals surface area contributed by atoms with Crippen molar-refractivity contribution in [3.63, 3.8) is 0 Å². The van der Waals surface area contributed by atoms with E-state index in [1.165, 1.54) is 0 Å². The summed E-state index contributed by atoms with van der Waals surface area (Å²) < 4.78 is 10.9. The average Bonchev–Trinajstić information content (AvgIpc) is 2.51. The van der Waals surface area contributed by atoms with E-state index < -0.39 is 6.10 Å². The highest BCUT2D eigenvalue weighted by Crippen LogP contribution is 2.39. The maximum absolute atomic E-state index is 11.8. The number of carbonyl (C=O) groups is 1. The quantitative estimate of drug-likeness (QED) is 0.738. The van der Waals surface area contributed by atoms with Gasteiger partial charge in [0.05, 0.1) is 11.1 Å². The van der Waals surface area contributed by atoms with Gasteiger partial charge in [-0.3, -0.25) is 4.79 Å². The summed E-state index contributed by atoms with van der Waals surface area (Å²) in [5.74, 6) is 0.468. The third-order valence-electron chi connectivity index (χ3n) is 3.68. The third kappa shape index (κ3) is 4.88. The fraction of sp³-hybridized carbons (Fsp3) is 0.533. The van der Waals surface area contributed by atoms with Crippen LogP contribution in [0.3, 0.4) is 0 Å². The first-order chi connectivity index (χ1) is 10.4. The van der Waals surface area contributed by atoms with Crippen molar-refractivity contribution in [1.82, 2.24) is 5.32 Å². The summed E-state index contributed by atoms with van der Waals surface area (Å²) in [5, 5.41) is 13.3. The molecule has 0 radical (unpaired) electrons. The highest BCUT2D eigenvalue weighted by molar-refractivity contribution is 6.32. The summed E-state index contributed by atoms with van der Waals surface area (Å²) in [4.78, 5) is 11.8. The SMILES string of the molecule is CC(N)C(C)C(=O)NCC(O)c1cc(Cl)c2c(c1)OCCO2.Cl. The van der Waals surface area contributed by atoms with Gasteiger partial charge in [0.25, 0.3) is 0 Å². The molecule has 0 fully saturated rings. The maximum atomic E-state index is 11.8. The number of benzene rings is 1. The van der Waals surface area contributed by atoms with Crippen molar-refractivity contribution in [2.75, 3.05) is 19.8 Å². The molecule has 0 saturated carbocycles. The standard InChI is InChI=1S/C15H21ClN2O4.ClH/c1-8(9(2)17)15(20)18-7-12(19)10-5-11(16)14-13(6-10)21-3-4-22-14;/h5-6,8-9,12,19H,3-4,7,17H2,1-2H3,(H,18,20);1H. The highest BCUT2D eigenvalue weighted by Gasteiger charge is 2.21. The van der Waals surface area contributed by atoms with E-state index in [1.807, 2.05) is 0 Å². The summed E-state index contributed by atoms with van der Waals surface area (Å²) in [5.41, 5.74) is 6.24. The summed E-state index contributed by atoms with van der Waals surface area (Å²) in [7, 11) is 0. The van der Waals surface area contributed by atoms with Crippen LogP contribution in [0.5, 0.6) is 11.5 Å². The van der Waals surface area contributed by atoms with E-state index in [-0.39, 0.29) is 36.8 Å². The Balaban J connectivity index is 0.00000264. The Morgan fingerprint density at radius 2 is 2.04 bits per heavy atom. The van der Waals surface area contributed by atoms with Crippen LogP contribution < -0.4 is 20.5 Å². The summed E-state index contributed by atoms with van der Waals surface area (Å²) in [6.45, 7) is 4.46. The van der Waals surface area contributed by atoms with E-state index in [0.29, 0.717) is 35.3 Å². The highest BCUT2D eigenvalue weighted by atomic mass is 35.5. The monoisotopic (exact) mass is 364 g/mol. The minimum absolute atomic E-state index is 0. The molecule has 130 valence electrons. The zero-order valence-corrected chi connectivity index (χ0v) is 14.6. The lowest BCUT2D eigenvalue weighted by atomic mass is 10.0. The topological polar surface area (TPSA) is 93.8 Å². The van der Waals surface area contributed by atoms with Crippen LogP contribution in [0.2, 0.25) is 5.02 Å². The molecule has 1 aromatic carbocycles. The Bertz CT molecular complexity index is 555. The number of halogens is 2. The molecule has 0 aliphatic carbocycles. The number of nitrogens with two attached hydrogens (primary N) is 1. The van der Waals surface area contributed by atoms with Crippen LogP contribution in [-0.4, -0.2) is 36.8 Å². The predicted molar refractivity (Wildman–Crippen MR) is 90.5 cm³/mol. The van der Waals surface area contributed by atoms with Crippen LogP contribution in [0.1, 0.15) is 25.5 Å². The number of fused-ring (bicyclic) bond motifs is 1. The fourth-order valence-electron chi connectivity index (χ4n) is 2.04. The molecule has 0 aromatic heterocycles. The van der Waals surface area contributed by atoms with Gasteiger partial charge in [0.15, 0.2) is 11.5 Å². The lowest BCUT2D eigenvalue weighted by Crippen LogP contribution is -2.40. The van der Waals surface area contributed by atoms with Gasteiger partial charge in [-0.2, -0.15) is 0 Å². The van der Waals surface area contributed by atoms with Gasteiger partial charge in [0.2, 0.25) is 5.91 Å². The van der Waals surface area contributed by atoms with Crippen LogP contribution >= 0.6 is 24.0 Å². The molecule has 1 amide bonds. The number of hydrogen-bond donors (Lipinski definition) is 3. The fourth-order valence-corrected chi connectivity index (χ4v) is 2.31. The van der Waals surface area contributed by atoms with Crippen molar-refractivity contribution >= 4 is 29.9 Å². The number of amides is 1. The number of nitrogens with one attached hydrogen (secondary N) is 1. The normalized spacial score (nSPS) is 16.7. The second-order valence-electron chi connectivity index (χ2n) is 5.44. The van der Waals surface area contributed by atoms with Gasteiger partial charge in [-0.25, -0.2) is 0 Å². The van der Waals surface area contributed by atoms with Gasteiger partial charge >= 0.3 is 0 Å². The maximum Gasteiger partial charge on any atom is 0.224 e. The molecular formula is C15H22Cl2N2O4. The summed E-state index contributed by atoms with van der Waals surface area (Å²) >= 11 is 6.13. The predicted octanol–water partition coefficient (Wildman–Crippen LogP) is 1.67. The molecule has 3 atom stereocenters. The first-order valence-electron chi connectivity index (χ1n) is 7.20. The van der Waals surface area contributed by atoms with E-state index in [4.69, 9.17) is 26.8 Å². The molecule has 0 spiro atoms. The summed E-state index contributed by atoms with van der Waals surface area (Å²) in [6.07, 6.45) is -0.891. The third-order valence-corrected chi connectivity index (χ3v) is 3.96. The Kier molecular flexibility index (Phi) is 7.41. The van der Waals surface area contributed by atoms with Crippen molar-refractivity contribution in [2.24, 2.45) is 11.7 Å². The average molecular weight is 365 g/mol. The minimum atomic E-state index is -0.891. The van der Waals surface area contributed by atoms with Crippen LogP contribution in [0.25, 0.3) is 0 Å². The largest absolute Gasteiger partial charge is 0.486 e. The van der Waals surface area contributed by atoms with E-state index in [0.717, 1.165) is 0 Å². The van der Waals surface area contributed by atoms with E-state index >= 15 is 0 Å². The Morgan fingerprint density at radius 3 is 2.70 bits per heavy atom. The Hall–Kier alpha value is -1.21. The van der Waals surface area contributed by atoms with E-state index in [1.54, 1.807) is 26.0 Å². The number of aliphatic hydroxyl groups excluding tert-OH is 1. The van der Waals surface area contributed by atoms with Crippen LogP contribution in [-0.2, 0) is 4.79 Å². The van der Waals surface area contributed by atoms with Crippen LogP contribution in [0.15, 0.2) is 12.1 Å². The zero-order chi connectivity index (χ0) is 16.3. The molecule has 1 aromatic rings. The lowest BCUT2D eigenvalue weighted by molar-refractivity contribution is -0.125. The van der Waals surface area contributed by atoms with Gasteiger partial charge in [-0.15, -0.1) is 12.4 Å². The van der Waals surface area contributed by atoms with Gasteiger partial charge in [0.1, 0.15) is 13.2 Å². The summed E-state index contributed by atoms with van der Waals surface area (Å²) in [6, 6.07) is 3.04. The van der Waals surface area contributed by atoms with Crippen LogP contribution in [0, 0.1) is 5.92 Å². The van der Waals surface area contributed by atoms with Crippen molar-refractivity contribution in [3.05, 3.63) is 22.7 Å². The molecule has 0 bridgehead atoms. The first kappa shape index (κ1) is 19.8. The van der Waals surface area contributed by atoms with Crippen molar-refractivity contribution in [2.45, 2.75) is 26.0 Å². The van der Waals surface area contributed by atoms with Gasteiger partial charge in [0, 0.05) is 18.5 Å². The molecule has 1 aliphatic rings. The molecule has 0 saturated heterocycles. The number of ether oxygens (including phenoxy) is 2. The molecule has 1 aliphatic heterocycles. The number of carbonyl (C=O) groups excluding carboxylic acids is 1. The van der Waals surface area contributed by atoms with Crippen LogP contribution in [0.4, 0.5) is 0 Å². The molecular weight excluding hydrogens is 343 g/mol. The zero-order valence-electron chi connectivity index (χ0n) is 13.0. The Labute approximate surface area is 146 Å². The van der Waals surface area contributed by atoms with E-state index in [2.05, 4.69) is 5.32 Å². The number of aliphatic hydroxyl groups is 1. The molecule has 1 heterocycles. The second kappa shape index (κ2) is 8.59. The second-order valence-corrected chi connectivity index (χ2v) is 5.84. The van der Waals surface area contributed by atoms with E-state index in [9.17, 15) is 9.90 Å². The molecule has 2 rings (SSSR count). The molecule has 4 N–H and O–H groups in total. The smallest absolute Gasteiger partial charge is 0.224 e. The van der Waals surface area contributed by atoms with Crippen molar-refractivity contribution in [3.8, 4) is 11.5 Å². The van der Waals surface area contributed by atoms with Gasteiger partial charge < -0.3 is 25.6 Å². The minimum Gasteiger partial charge on any atom is -0.486 e. The van der Waals surface area contributed by atoms with Gasteiger partial charge in [-0.1, -0.05) is 18.5 Å². The first-order valence-corrected chi connectivity index (χ1v) is 7.58. The number of rotatable bonds is 5. The van der Waals surface area contributed by atoms with Gasteiger partial charge in [-0.05, 0) is 24.6 Å².